The van der Waals surface area contributed by atoms with Crippen molar-refractivity contribution in [2.24, 2.45) is 0 Å². The lowest BCUT2D eigenvalue weighted by molar-refractivity contribution is -0.152. The number of carbonyl (C=O) groups is 1. The lowest BCUT2D eigenvalue weighted by Crippen LogP contribution is -2.34. The molecule has 5 nitrogen and oxygen atoms in total. The van der Waals surface area contributed by atoms with E-state index in [0.29, 0.717) is 0 Å². The number of aliphatic hydroxyl groups excluding tert-OH is 1. The minimum absolute atomic E-state index is 0.0243. The molecule has 1 rings (SSSR count). The van der Waals surface area contributed by atoms with E-state index in [-0.39, 0.29) is 12.2 Å². The Kier molecular flexibility index (Phi) is 3.49. The summed E-state index contributed by atoms with van der Waals surface area (Å²) in [6.45, 7) is 7.16. The van der Waals surface area contributed by atoms with Crippen LogP contribution in [0.4, 0.5) is 0 Å². The van der Waals surface area contributed by atoms with Gasteiger partial charge >= 0.3 is 5.97 Å². The fraction of sp³-hybridized carbons (Fsp3) is 0.700. The molecular formula is C10H16O5. The van der Waals surface area contributed by atoms with Crippen LogP contribution in [0.5, 0.6) is 0 Å². The highest BCUT2D eigenvalue weighted by Crippen LogP contribution is 2.26. The zero-order valence-electron chi connectivity index (χ0n) is 9.15. The second-order valence-electron chi connectivity index (χ2n) is 3.83. The summed E-state index contributed by atoms with van der Waals surface area (Å²) in [4.78, 5) is 11.1. The third-order valence-electron chi connectivity index (χ3n) is 2.19. The highest BCUT2D eigenvalue weighted by Gasteiger charge is 2.39. The molecule has 5 heteroatoms. The van der Waals surface area contributed by atoms with E-state index in [9.17, 15) is 9.90 Å². The molecule has 0 aliphatic carbocycles. The average Bonchev–Trinajstić information content (AvgIpc) is 2.55. The van der Waals surface area contributed by atoms with Gasteiger partial charge in [-0.1, -0.05) is 6.58 Å². The maximum atomic E-state index is 11.1. The van der Waals surface area contributed by atoms with Crippen molar-refractivity contribution in [3.63, 3.8) is 0 Å². The Morgan fingerprint density at radius 2 is 2.27 bits per heavy atom. The molecule has 1 saturated heterocycles. The average molecular weight is 216 g/mol. The summed E-state index contributed by atoms with van der Waals surface area (Å²) in [5, 5.41) is 9.75. The van der Waals surface area contributed by atoms with Gasteiger partial charge in [-0.3, -0.25) is 0 Å². The maximum absolute atomic E-state index is 11.1. The molecule has 86 valence electrons. The Labute approximate surface area is 88.6 Å². The van der Waals surface area contributed by atoms with Gasteiger partial charge < -0.3 is 19.3 Å². The number of hydrogen-bond acceptors (Lipinski definition) is 5. The molecule has 0 aromatic rings. The van der Waals surface area contributed by atoms with E-state index in [1.807, 2.05) is 0 Å². The highest BCUT2D eigenvalue weighted by atomic mass is 16.7. The molecule has 0 aromatic heterocycles. The Bertz CT molecular complexity index is 271. The third-order valence-corrected chi connectivity index (χ3v) is 2.19. The summed E-state index contributed by atoms with van der Waals surface area (Å²) < 4.78 is 15.1. The summed E-state index contributed by atoms with van der Waals surface area (Å²) >= 11 is 0. The van der Waals surface area contributed by atoms with Crippen LogP contribution in [0.1, 0.15) is 13.8 Å². The van der Waals surface area contributed by atoms with Gasteiger partial charge in [0.2, 0.25) is 0 Å². The van der Waals surface area contributed by atoms with Crippen molar-refractivity contribution in [1.29, 1.82) is 0 Å². The first-order valence-electron chi connectivity index (χ1n) is 4.64. The standard InChI is InChI=1S/C10H16O5/c1-6(9(12)13-4)8(11)7-5-14-10(2,3)15-7/h7-8,11H,1,5H2,2-4H3/t7-,8-/m1/s1. The maximum Gasteiger partial charge on any atom is 0.335 e. The van der Waals surface area contributed by atoms with Gasteiger partial charge in [-0.05, 0) is 13.8 Å². The minimum atomic E-state index is -1.10. The molecule has 15 heavy (non-hydrogen) atoms. The molecule has 1 aliphatic rings. The van der Waals surface area contributed by atoms with Gasteiger partial charge in [0, 0.05) is 0 Å². The molecular weight excluding hydrogens is 200 g/mol. The fourth-order valence-corrected chi connectivity index (χ4v) is 1.35. The summed E-state index contributed by atoms with van der Waals surface area (Å²) in [6, 6.07) is 0. The van der Waals surface area contributed by atoms with E-state index < -0.39 is 24.0 Å². The van der Waals surface area contributed by atoms with Crippen molar-refractivity contribution >= 4 is 5.97 Å². The molecule has 0 aromatic carbocycles. The second-order valence-corrected chi connectivity index (χ2v) is 3.83. The van der Waals surface area contributed by atoms with Crippen molar-refractivity contribution < 1.29 is 24.1 Å². The van der Waals surface area contributed by atoms with E-state index in [1.165, 1.54) is 7.11 Å². The molecule has 1 N–H and O–H groups in total. The predicted molar refractivity (Wildman–Crippen MR) is 52.1 cm³/mol. The number of carbonyl (C=O) groups excluding carboxylic acids is 1. The molecule has 1 fully saturated rings. The molecule has 0 amide bonds. The Hall–Kier alpha value is -0.910. The number of ether oxygens (including phenoxy) is 3. The monoisotopic (exact) mass is 216 g/mol. The van der Waals surface area contributed by atoms with Gasteiger partial charge in [0.05, 0.1) is 19.3 Å². The van der Waals surface area contributed by atoms with Crippen LogP contribution in [-0.2, 0) is 19.0 Å². The van der Waals surface area contributed by atoms with Crippen molar-refractivity contribution in [1.82, 2.24) is 0 Å². The number of aliphatic hydroxyl groups is 1. The van der Waals surface area contributed by atoms with Gasteiger partial charge in [0.25, 0.3) is 0 Å². The van der Waals surface area contributed by atoms with Crippen molar-refractivity contribution in [3.8, 4) is 0 Å². The van der Waals surface area contributed by atoms with E-state index in [2.05, 4.69) is 11.3 Å². The first-order valence-corrected chi connectivity index (χ1v) is 4.64. The number of methoxy groups -OCH3 is 1. The van der Waals surface area contributed by atoms with Gasteiger partial charge in [-0.15, -0.1) is 0 Å². The zero-order valence-corrected chi connectivity index (χ0v) is 9.15. The van der Waals surface area contributed by atoms with E-state index in [4.69, 9.17) is 9.47 Å². The molecule has 0 bridgehead atoms. The van der Waals surface area contributed by atoms with E-state index in [0.717, 1.165) is 0 Å². The first kappa shape index (κ1) is 12.2. The third kappa shape index (κ3) is 2.77. The molecule has 2 atom stereocenters. The Balaban J connectivity index is 2.59. The lowest BCUT2D eigenvalue weighted by atomic mass is 10.1. The number of esters is 1. The number of hydrogen-bond donors (Lipinski definition) is 1. The minimum Gasteiger partial charge on any atom is -0.466 e. The van der Waals surface area contributed by atoms with Gasteiger partial charge in [0.15, 0.2) is 5.79 Å². The van der Waals surface area contributed by atoms with Gasteiger partial charge in [-0.2, -0.15) is 0 Å². The molecule has 0 saturated carbocycles. The fourth-order valence-electron chi connectivity index (χ4n) is 1.35. The van der Waals surface area contributed by atoms with Crippen LogP contribution < -0.4 is 0 Å². The van der Waals surface area contributed by atoms with Crippen molar-refractivity contribution in [2.75, 3.05) is 13.7 Å². The molecule has 0 unspecified atom stereocenters. The topological polar surface area (TPSA) is 65.0 Å². The van der Waals surface area contributed by atoms with Crippen LogP contribution in [0, 0.1) is 0 Å². The van der Waals surface area contributed by atoms with E-state index >= 15 is 0 Å². The summed E-state index contributed by atoms with van der Waals surface area (Å²) in [5.74, 6) is -1.38. The van der Waals surface area contributed by atoms with Crippen LogP contribution in [0.25, 0.3) is 0 Å². The van der Waals surface area contributed by atoms with Crippen molar-refractivity contribution in [2.45, 2.75) is 31.8 Å². The Morgan fingerprint density at radius 1 is 1.67 bits per heavy atom. The smallest absolute Gasteiger partial charge is 0.335 e. The first-order chi connectivity index (χ1) is 6.87. The van der Waals surface area contributed by atoms with Crippen molar-refractivity contribution in [3.05, 3.63) is 12.2 Å². The molecule has 1 aliphatic heterocycles. The van der Waals surface area contributed by atoms with Gasteiger partial charge in [0.1, 0.15) is 12.2 Å². The Morgan fingerprint density at radius 3 is 2.67 bits per heavy atom. The summed E-state index contributed by atoms with van der Waals surface area (Å²) in [7, 11) is 1.23. The molecule has 0 radical (unpaired) electrons. The SMILES string of the molecule is C=C(C(=O)OC)[C@@H](O)[C@H]1COC(C)(C)O1. The second kappa shape index (κ2) is 4.30. The normalized spacial score (nSPS) is 26.0. The quantitative estimate of drug-likeness (QED) is 0.540. The van der Waals surface area contributed by atoms with Crippen LogP contribution in [0.3, 0.4) is 0 Å². The zero-order chi connectivity index (χ0) is 11.6. The van der Waals surface area contributed by atoms with Crippen LogP contribution in [0.2, 0.25) is 0 Å². The van der Waals surface area contributed by atoms with Crippen LogP contribution >= 0.6 is 0 Å². The van der Waals surface area contributed by atoms with E-state index in [1.54, 1.807) is 13.8 Å². The molecule has 0 spiro atoms. The largest absolute Gasteiger partial charge is 0.466 e. The molecule has 1 heterocycles. The number of rotatable bonds is 3. The van der Waals surface area contributed by atoms with Crippen LogP contribution in [-0.4, -0.2) is 42.8 Å². The summed E-state index contributed by atoms with van der Waals surface area (Å²) in [5.41, 5.74) is -0.0243. The van der Waals surface area contributed by atoms with Crippen LogP contribution in [0.15, 0.2) is 12.2 Å². The van der Waals surface area contributed by atoms with Gasteiger partial charge in [-0.25, -0.2) is 4.79 Å². The highest BCUT2D eigenvalue weighted by molar-refractivity contribution is 5.88. The predicted octanol–water partition coefficient (Wildman–Crippen LogP) is 0.228. The lowest BCUT2D eigenvalue weighted by Gasteiger charge is -2.20. The summed E-state index contributed by atoms with van der Waals surface area (Å²) in [6.07, 6.45) is -1.68.